The molecule has 1 atom stereocenters. The number of rotatable bonds is 0. The van der Waals surface area contributed by atoms with Gasteiger partial charge in [-0.25, -0.2) is 4.39 Å². The fourth-order valence-corrected chi connectivity index (χ4v) is 2.78. The molecule has 1 aromatic carbocycles. The Bertz CT molecular complexity index is 494. The Kier molecular flexibility index (Phi) is 2.70. The first-order valence-corrected chi connectivity index (χ1v) is 6.52. The predicted molar refractivity (Wildman–Crippen MR) is 71.8 cm³/mol. The lowest BCUT2D eigenvalue weighted by Gasteiger charge is -2.41. The second-order valence-corrected chi connectivity index (χ2v) is 5.35. The van der Waals surface area contributed by atoms with Crippen LogP contribution in [0, 0.1) is 9.39 Å². The third-order valence-electron chi connectivity index (χ3n) is 3.15. The van der Waals surface area contributed by atoms with E-state index in [1.165, 1.54) is 6.07 Å². The van der Waals surface area contributed by atoms with Crippen molar-refractivity contribution in [3.05, 3.63) is 21.5 Å². The van der Waals surface area contributed by atoms with Crippen LogP contribution in [-0.2, 0) is 4.79 Å². The van der Waals surface area contributed by atoms with E-state index in [0.717, 1.165) is 18.8 Å². The van der Waals surface area contributed by atoms with Crippen molar-refractivity contribution in [3.8, 4) is 0 Å². The van der Waals surface area contributed by atoms with Gasteiger partial charge in [-0.15, -0.1) is 0 Å². The molecule has 2 aliphatic heterocycles. The van der Waals surface area contributed by atoms with Crippen LogP contribution in [-0.4, -0.2) is 31.6 Å². The Morgan fingerprint density at radius 2 is 2.29 bits per heavy atom. The number of amides is 1. The molecule has 2 heterocycles. The standard InChI is InChI=1S/C11H11FIN3O/c12-6-3-9-8(4-7(6)13)15-11(17)10-5-14-1-2-16(9)10/h3-4,10,14H,1-2,5H2,(H,15,17). The summed E-state index contributed by atoms with van der Waals surface area (Å²) in [6.45, 7) is 2.15. The number of anilines is 2. The number of hydrogen-bond acceptors (Lipinski definition) is 3. The molecule has 1 unspecified atom stereocenters. The van der Waals surface area contributed by atoms with Crippen molar-refractivity contribution in [1.29, 1.82) is 0 Å². The maximum Gasteiger partial charge on any atom is 0.248 e. The van der Waals surface area contributed by atoms with Crippen molar-refractivity contribution < 1.29 is 9.18 Å². The number of nitrogens with one attached hydrogen (secondary N) is 2. The van der Waals surface area contributed by atoms with E-state index < -0.39 is 0 Å². The van der Waals surface area contributed by atoms with Crippen LogP contribution < -0.4 is 15.5 Å². The number of hydrogen-bond donors (Lipinski definition) is 2. The van der Waals surface area contributed by atoms with E-state index in [-0.39, 0.29) is 17.8 Å². The molecule has 0 bridgehead atoms. The number of nitrogens with zero attached hydrogens (tertiary/aromatic N) is 1. The summed E-state index contributed by atoms with van der Waals surface area (Å²) in [5, 5.41) is 6.01. The first-order chi connectivity index (χ1) is 8.16. The fourth-order valence-electron chi connectivity index (χ4n) is 2.32. The van der Waals surface area contributed by atoms with Crippen LogP contribution >= 0.6 is 22.6 Å². The van der Waals surface area contributed by atoms with E-state index in [4.69, 9.17) is 0 Å². The second-order valence-electron chi connectivity index (χ2n) is 4.19. The van der Waals surface area contributed by atoms with Gasteiger partial charge in [0.25, 0.3) is 0 Å². The van der Waals surface area contributed by atoms with Gasteiger partial charge in [-0.1, -0.05) is 0 Å². The normalized spacial score (nSPS) is 22.8. The lowest BCUT2D eigenvalue weighted by molar-refractivity contribution is -0.117. The van der Waals surface area contributed by atoms with Crippen molar-refractivity contribution in [3.63, 3.8) is 0 Å². The number of fused-ring (bicyclic) bond motifs is 3. The lowest BCUT2D eigenvalue weighted by atomic mass is 10.1. The zero-order valence-corrected chi connectivity index (χ0v) is 11.1. The van der Waals surface area contributed by atoms with Gasteiger partial charge in [0, 0.05) is 25.7 Å². The van der Waals surface area contributed by atoms with Gasteiger partial charge in [0.1, 0.15) is 11.9 Å². The van der Waals surface area contributed by atoms with Crippen LogP contribution in [0.4, 0.5) is 15.8 Å². The topological polar surface area (TPSA) is 44.4 Å². The van der Waals surface area contributed by atoms with E-state index in [9.17, 15) is 9.18 Å². The fraction of sp³-hybridized carbons (Fsp3) is 0.364. The third-order valence-corrected chi connectivity index (χ3v) is 3.98. The van der Waals surface area contributed by atoms with Gasteiger partial charge in [0.15, 0.2) is 0 Å². The van der Waals surface area contributed by atoms with E-state index in [0.29, 0.717) is 15.8 Å². The molecule has 1 saturated heterocycles. The molecule has 0 aliphatic carbocycles. The highest BCUT2D eigenvalue weighted by Gasteiger charge is 2.35. The molecule has 2 aliphatic rings. The largest absolute Gasteiger partial charge is 0.355 e. The molecule has 3 rings (SSSR count). The Morgan fingerprint density at radius 1 is 1.47 bits per heavy atom. The second kappa shape index (κ2) is 4.09. The van der Waals surface area contributed by atoms with Gasteiger partial charge in [-0.3, -0.25) is 4.79 Å². The summed E-state index contributed by atoms with van der Waals surface area (Å²) >= 11 is 1.93. The van der Waals surface area contributed by atoms with Crippen LogP contribution in [0.15, 0.2) is 12.1 Å². The van der Waals surface area contributed by atoms with E-state index in [1.807, 2.05) is 27.5 Å². The number of piperazine rings is 1. The summed E-state index contributed by atoms with van der Waals surface area (Å²) in [6, 6.07) is 2.96. The SMILES string of the molecule is O=C1Nc2cc(I)c(F)cc2N2CCNCC12. The Hall–Kier alpha value is -0.890. The van der Waals surface area contributed by atoms with Crippen molar-refractivity contribution in [2.45, 2.75) is 6.04 Å². The molecule has 6 heteroatoms. The molecule has 4 nitrogen and oxygen atoms in total. The molecule has 0 aromatic heterocycles. The molecular weight excluding hydrogens is 336 g/mol. The molecule has 90 valence electrons. The maximum absolute atomic E-state index is 13.6. The minimum Gasteiger partial charge on any atom is -0.355 e. The number of carbonyl (C=O) groups excluding carboxylic acids is 1. The summed E-state index contributed by atoms with van der Waals surface area (Å²) in [5.41, 5.74) is 1.49. The average Bonchev–Trinajstić information content (AvgIpc) is 2.32. The Labute approximate surface area is 112 Å². The van der Waals surface area contributed by atoms with Crippen LogP contribution in [0.25, 0.3) is 0 Å². The van der Waals surface area contributed by atoms with E-state index in [2.05, 4.69) is 10.6 Å². The minimum absolute atomic E-state index is 0.0212. The first kappa shape index (κ1) is 11.2. The van der Waals surface area contributed by atoms with E-state index in [1.54, 1.807) is 6.07 Å². The molecule has 0 spiro atoms. The monoisotopic (exact) mass is 347 g/mol. The quantitative estimate of drug-likeness (QED) is 0.693. The minimum atomic E-state index is -0.238. The highest BCUT2D eigenvalue weighted by molar-refractivity contribution is 14.1. The lowest BCUT2D eigenvalue weighted by Crippen LogP contribution is -2.58. The van der Waals surface area contributed by atoms with Crippen molar-refractivity contribution in [2.75, 3.05) is 29.9 Å². The third kappa shape index (κ3) is 1.79. The summed E-state index contributed by atoms with van der Waals surface area (Å²) in [6.07, 6.45) is 0. The number of benzene rings is 1. The molecular formula is C11H11FIN3O. The predicted octanol–water partition coefficient (Wildman–Crippen LogP) is 1.16. The van der Waals surface area contributed by atoms with Crippen LogP contribution in [0.5, 0.6) is 0 Å². The summed E-state index contributed by atoms with van der Waals surface area (Å²) in [7, 11) is 0. The number of halogens is 2. The van der Waals surface area contributed by atoms with Crippen molar-refractivity contribution in [1.82, 2.24) is 5.32 Å². The molecule has 1 fully saturated rings. The average molecular weight is 347 g/mol. The Balaban J connectivity index is 2.10. The van der Waals surface area contributed by atoms with Gasteiger partial charge in [0.05, 0.1) is 14.9 Å². The Morgan fingerprint density at radius 3 is 3.12 bits per heavy atom. The van der Waals surface area contributed by atoms with Gasteiger partial charge in [-0.05, 0) is 28.7 Å². The van der Waals surface area contributed by atoms with Gasteiger partial charge < -0.3 is 15.5 Å². The smallest absolute Gasteiger partial charge is 0.248 e. The van der Waals surface area contributed by atoms with Crippen molar-refractivity contribution >= 4 is 39.9 Å². The molecule has 17 heavy (non-hydrogen) atoms. The van der Waals surface area contributed by atoms with Gasteiger partial charge in [-0.2, -0.15) is 0 Å². The zero-order valence-electron chi connectivity index (χ0n) is 8.96. The van der Waals surface area contributed by atoms with E-state index >= 15 is 0 Å². The maximum atomic E-state index is 13.6. The van der Waals surface area contributed by atoms with Crippen LogP contribution in [0.3, 0.4) is 0 Å². The van der Waals surface area contributed by atoms with Crippen LogP contribution in [0.2, 0.25) is 0 Å². The summed E-state index contributed by atoms with van der Waals surface area (Å²) in [4.78, 5) is 13.9. The molecule has 2 N–H and O–H groups in total. The van der Waals surface area contributed by atoms with Gasteiger partial charge in [0.2, 0.25) is 5.91 Å². The van der Waals surface area contributed by atoms with Crippen molar-refractivity contribution in [2.24, 2.45) is 0 Å². The van der Waals surface area contributed by atoms with Crippen LogP contribution in [0.1, 0.15) is 0 Å². The highest BCUT2D eigenvalue weighted by atomic mass is 127. The summed E-state index contributed by atoms with van der Waals surface area (Å²) < 4.78 is 14.1. The molecule has 1 amide bonds. The number of carbonyl (C=O) groups is 1. The molecule has 0 radical (unpaired) electrons. The summed E-state index contributed by atoms with van der Waals surface area (Å²) in [5.74, 6) is -0.259. The molecule has 0 saturated carbocycles. The van der Waals surface area contributed by atoms with Gasteiger partial charge >= 0.3 is 0 Å². The zero-order chi connectivity index (χ0) is 12.0. The first-order valence-electron chi connectivity index (χ1n) is 5.44. The highest BCUT2D eigenvalue weighted by Crippen LogP contribution is 2.35. The molecule has 1 aromatic rings.